The number of nitrogens with one attached hydrogen (secondary N) is 1. The summed E-state index contributed by atoms with van der Waals surface area (Å²) >= 11 is 1.47. The molecule has 1 rings (SSSR count). The molecule has 1 atom stereocenters. The number of hydrogen-bond acceptors (Lipinski definition) is 3. The van der Waals surface area contributed by atoms with E-state index in [1.54, 1.807) is 0 Å². The SMILES string of the molecule is CC(CCC(=O)O)NC(=O)CSc1ccccc1. The predicted octanol–water partition coefficient (Wildman–Crippen LogP) is 2.15. The molecule has 98 valence electrons. The summed E-state index contributed by atoms with van der Waals surface area (Å²) in [6, 6.07) is 9.58. The number of rotatable bonds is 7. The fraction of sp³-hybridized carbons (Fsp3) is 0.385. The number of benzene rings is 1. The summed E-state index contributed by atoms with van der Waals surface area (Å²) in [4.78, 5) is 23.0. The highest BCUT2D eigenvalue weighted by Gasteiger charge is 2.09. The first-order valence-corrected chi connectivity index (χ1v) is 6.75. The minimum absolute atomic E-state index is 0.0678. The van der Waals surface area contributed by atoms with E-state index >= 15 is 0 Å². The Hall–Kier alpha value is -1.49. The van der Waals surface area contributed by atoms with Gasteiger partial charge in [-0.05, 0) is 25.5 Å². The summed E-state index contributed by atoms with van der Waals surface area (Å²) < 4.78 is 0. The van der Waals surface area contributed by atoms with Crippen LogP contribution in [0.4, 0.5) is 0 Å². The van der Waals surface area contributed by atoms with E-state index in [-0.39, 0.29) is 18.4 Å². The van der Waals surface area contributed by atoms with Gasteiger partial charge in [0, 0.05) is 17.4 Å². The van der Waals surface area contributed by atoms with Gasteiger partial charge in [-0.25, -0.2) is 0 Å². The number of carboxylic acids is 1. The highest BCUT2D eigenvalue weighted by atomic mass is 32.2. The monoisotopic (exact) mass is 267 g/mol. The molecule has 0 fully saturated rings. The highest BCUT2D eigenvalue weighted by molar-refractivity contribution is 8.00. The molecule has 0 aliphatic rings. The van der Waals surface area contributed by atoms with Gasteiger partial charge in [0.2, 0.25) is 5.91 Å². The van der Waals surface area contributed by atoms with Gasteiger partial charge in [-0.2, -0.15) is 0 Å². The van der Waals surface area contributed by atoms with Crippen molar-refractivity contribution in [1.29, 1.82) is 0 Å². The van der Waals surface area contributed by atoms with Crippen LogP contribution in [-0.4, -0.2) is 28.8 Å². The number of carbonyl (C=O) groups excluding carboxylic acids is 1. The van der Waals surface area contributed by atoms with Crippen LogP contribution in [0.1, 0.15) is 19.8 Å². The van der Waals surface area contributed by atoms with E-state index in [9.17, 15) is 9.59 Å². The first kappa shape index (κ1) is 14.6. The molecular weight excluding hydrogens is 250 g/mol. The zero-order chi connectivity index (χ0) is 13.4. The minimum Gasteiger partial charge on any atom is -0.481 e. The second-order valence-electron chi connectivity index (χ2n) is 4.00. The van der Waals surface area contributed by atoms with E-state index < -0.39 is 5.97 Å². The van der Waals surface area contributed by atoms with Crippen LogP contribution in [0.15, 0.2) is 35.2 Å². The average Bonchev–Trinajstić information content (AvgIpc) is 2.35. The lowest BCUT2D eigenvalue weighted by Gasteiger charge is -2.12. The molecule has 2 N–H and O–H groups in total. The minimum atomic E-state index is -0.838. The standard InChI is InChI=1S/C13H17NO3S/c1-10(7-8-13(16)17)14-12(15)9-18-11-5-3-2-4-6-11/h2-6,10H,7-9H2,1H3,(H,14,15)(H,16,17). The summed E-state index contributed by atoms with van der Waals surface area (Å²) in [6.45, 7) is 1.81. The Morgan fingerprint density at radius 1 is 1.33 bits per heavy atom. The van der Waals surface area contributed by atoms with Gasteiger partial charge in [-0.3, -0.25) is 9.59 Å². The quantitative estimate of drug-likeness (QED) is 0.743. The van der Waals surface area contributed by atoms with E-state index in [2.05, 4.69) is 5.32 Å². The van der Waals surface area contributed by atoms with Crippen molar-refractivity contribution in [2.45, 2.75) is 30.7 Å². The Kier molecular flexibility index (Phi) is 6.28. The fourth-order valence-electron chi connectivity index (χ4n) is 1.39. The van der Waals surface area contributed by atoms with Crippen LogP contribution < -0.4 is 5.32 Å². The molecule has 0 bridgehead atoms. The average molecular weight is 267 g/mol. The number of thioether (sulfide) groups is 1. The van der Waals surface area contributed by atoms with E-state index in [1.165, 1.54) is 11.8 Å². The lowest BCUT2D eigenvalue weighted by Crippen LogP contribution is -2.34. The Labute approximate surface area is 111 Å². The van der Waals surface area contributed by atoms with Crippen LogP contribution in [0.5, 0.6) is 0 Å². The smallest absolute Gasteiger partial charge is 0.303 e. The molecule has 5 heteroatoms. The van der Waals surface area contributed by atoms with Crippen molar-refractivity contribution in [2.24, 2.45) is 0 Å². The van der Waals surface area contributed by atoms with Gasteiger partial charge in [0.1, 0.15) is 0 Å². The molecule has 1 aromatic rings. The summed E-state index contributed by atoms with van der Waals surface area (Å²) in [7, 11) is 0. The van der Waals surface area contributed by atoms with Gasteiger partial charge in [-0.1, -0.05) is 18.2 Å². The van der Waals surface area contributed by atoms with Gasteiger partial charge < -0.3 is 10.4 Å². The Bertz CT molecular complexity index is 394. The molecule has 1 unspecified atom stereocenters. The van der Waals surface area contributed by atoms with Gasteiger partial charge in [0.25, 0.3) is 0 Å². The van der Waals surface area contributed by atoms with Crippen LogP contribution in [0.3, 0.4) is 0 Å². The summed E-state index contributed by atoms with van der Waals surface area (Å²) in [6.07, 6.45) is 0.532. The second-order valence-corrected chi connectivity index (χ2v) is 5.05. The molecule has 0 spiro atoms. The van der Waals surface area contributed by atoms with Crippen molar-refractivity contribution >= 4 is 23.6 Å². The molecule has 0 heterocycles. The molecular formula is C13H17NO3S. The Morgan fingerprint density at radius 2 is 2.00 bits per heavy atom. The van der Waals surface area contributed by atoms with E-state index in [4.69, 9.17) is 5.11 Å². The van der Waals surface area contributed by atoms with Gasteiger partial charge in [-0.15, -0.1) is 11.8 Å². The molecule has 18 heavy (non-hydrogen) atoms. The van der Waals surface area contributed by atoms with Crippen molar-refractivity contribution < 1.29 is 14.7 Å². The van der Waals surface area contributed by atoms with Gasteiger partial charge >= 0.3 is 5.97 Å². The maximum Gasteiger partial charge on any atom is 0.303 e. The summed E-state index contributed by atoms with van der Waals surface area (Å²) in [5.41, 5.74) is 0. The van der Waals surface area contributed by atoms with Crippen molar-refractivity contribution in [3.63, 3.8) is 0 Å². The number of carbonyl (C=O) groups is 2. The van der Waals surface area contributed by atoms with Crippen LogP contribution in [0, 0.1) is 0 Å². The predicted molar refractivity (Wildman–Crippen MR) is 71.6 cm³/mol. The van der Waals surface area contributed by atoms with Crippen LogP contribution in [0.2, 0.25) is 0 Å². The molecule has 1 amide bonds. The highest BCUT2D eigenvalue weighted by Crippen LogP contribution is 2.16. The zero-order valence-corrected chi connectivity index (χ0v) is 11.1. The topological polar surface area (TPSA) is 66.4 Å². The molecule has 0 saturated carbocycles. The number of aliphatic carboxylic acids is 1. The lowest BCUT2D eigenvalue weighted by molar-refractivity contribution is -0.137. The number of amides is 1. The molecule has 0 saturated heterocycles. The molecule has 0 aromatic heterocycles. The third kappa shape index (κ3) is 6.30. The lowest BCUT2D eigenvalue weighted by atomic mass is 10.2. The van der Waals surface area contributed by atoms with Crippen molar-refractivity contribution in [1.82, 2.24) is 5.32 Å². The van der Waals surface area contributed by atoms with E-state index in [0.717, 1.165) is 4.90 Å². The Balaban J connectivity index is 2.23. The molecule has 0 aliphatic carbocycles. The van der Waals surface area contributed by atoms with E-state index in [0.29, 0.717) is 12.2 Å². The summed E-state index contributed by atoms with van der Waals surface area (Å²) in [5, 5.41) is 11.3. The Morgan fingerprint density at radius 3 is 2.61 bits per heavy atom. The maximum absolute atomic E-state index is 11.6. The van der Waals surface area contributed by atoms with Crippen LogP contribution in [-0.2, 0) is 9.59 Å². The largest absolute Gasteiger partial charge is 0.481 e. The maximum atomic E-state index is 11.6. The zero-order valence-electron chi connectivity index (χ0n) is 10.3. The third-order valence-corrected chi connectivity index (χ3v) is 3.32. The van der Waals surface area contributed by atoms with E-state index in [1.807, 2.05) is 37.3 Å². The molecule has 1 aromatic carbocycles. The van der Waals surface area contributed by atoms with Crippen LogP contribution in [0.25, 0.3) is 0 Å². The first-order chi connectivity index (χ1) is 8.58. The number of hydrogen-bond donors (Lipinski definition) is 2. The molecule has 0 aliphatic heterocycles. The van der Waals surface area contributed by atoms with Crippen molar-refractivity contribution in [3.8, 4) is 0 Å². The van der Waals surface area contributed by atoms with Crippen molar-refractivity contribution in [2.75, 3.05) is 5.75 Å². The number of carboxylic acid groups (broad SMARTS) is 1. The molecule has 0 radical (unpaired) electrons. The van der Waals surface area contributed by atoms with Crippen molar-refractivity contribution in [3.05, 3.63) is 30.3 Å². The van der Waals surface area contributed by atoms with Gasteiger partial charge in [0.15, 0.2) is 0 Å². The van der Waals surface area contributed by atoms with Crippen LogP contribution >= 0.6 is 11.8 Å². The molecule has 4 nitrogen and oxygen atoms in total. The first-order valence-electron chi connectivity index (χ1n) is 5.77. The summed E-state index contributed by atoms with van der Waals surface area (Å²) in [5.74, 6) is -0.557. The second kappa shape index (κ2) is 7.76. The fourth-order valence-corrected chi connectivity index (χ4v) is 2.12. The normalized spacial score (nSPS) is 11.8. The third-order valence-electron chi connectivity index (χ3n) is 2.31. The van der Waals surface area contributed by atoms with Gasteiger partial charge in [0.05, 0.1) is 5.75 Å².